The largest absolute Gasteiger partial charge is 0.355 e. The molecule has 1 aliphatic rings. The molecular formula is C26H35N3O2. The fraction of sp³-hybridized carbons (Fsp3) is 0.462. The summed E-state index contributed by atoms with van der Waals surface area (Å²) < 4.78 is 0. The Hall–Kier alpha value is -2.66. The molecule has 3 rings (SSSR count). The van der Waals surface area contributed by atoms with Gasteiger partial charge in [0.1, 0.15) is 0 Å². The number of fused-ring (bicyclic) bond motifs is 1. The Morgan fingerprint density at radius 3 is 2.45 bits per heavy atom. The van der Waals surface area contributed by atoms with Crippen LogP contribution in [0.1, 0.15) is 60.2 Å². The van der Waals surface area contributed by atoms with E-state index in [2.05, 4.69) is 55.5 Å². The number of carbonyl (C=O) groups excluding carboxylic acids is 2. The third kappa shape index (κ3) is 5.73. The van der Waals surface area contributed by atoms with Gasteiger partial charge < -0.3 is 10.6 Å². The molecular weight excluding hydrogens is 386 g/mol. The monoisotopic (exact) mass is 421 g/mol. The Balaban J connectivity index is 1.62. The summed E-state index contributed by atoms with van der Waals surface area (Å²) in [6.07, 6.45) is 1.34. The van der Waals surface area contributed by atoms with Gasteiger partial charge in [0, 0.05) is 38.2 Å². The average molecular weight is 422 g/mol. The first kappa shape index (κ1) is 23.0. The van der Waals surface area contributed by atoms with Gasteiger partial charge in [-0.1, -0.05) is 57.2 Å². The Kier molecular flexibility index (Phi) is 7.16. The summed E-state index contributed by atoms with van der Waals surface area (Å²) in [6, 6.07) is 16.5. The molecule has 0 radical (unpaired) electrons. The normalized spacial score (nSPS) is 17.5. The van der Waals surface area contributed by atoms with E-state index in [4.69, 9.17) is 0 Å². The fourth-order valence-corrected chi connectivity index (χ4v) is 4.39. The number of carbonyl (C=O) groups is 2. The summed E-state index contributed by atoms with van der Waals surface area (Å²) in [7, 11) is 3.73. The van der Waals surface area contributed by atoms with E-state index >= 15 is 0 Å². The number of hydrogen-bond donors (Lipinski definition) is 2. The summed E-state index contributed by atoms with van der Waals surface area (Å²) in [5.74, 6) is 0.200. The van der Waals surface area contributed by atoms with Gasteiger partial charge in [0.25, 0.3) is 5.91 Å². The van der Waals surface area contributed by atoms with E-state index in [0.717, 1.165) is 13.0 Å². The second-order valence-electron chi connectivity index (χ2n) is 9.67. The first-order valence-corrected chi connectivity index (χ1v) is 11.0. The molecule has 0 aromatic heterocycles. The molecule has 2 unspecified atom stereocenters. The van der Waals surface area contributed by atoms with Crippen molar-refractivity contribution in [2.45, 2.75) is 52.1 Å². The van der Waals surface area contributed by atoms with Crippen LogP contribution < -0.4 is 10.6 Å². The summed E-state index contributed by atoms with van der Waals surface area (Å²) in [6.45, 7) is 7.97. The molecule has 1 aliphatic heterocycles. The van der Waals surface area contributed by atoms with E-state index in [0.29, 0.717) is 18.5 Å². The van der Waals surface area contributed by atoms with Gasteiger partial charge in [0.05, 0.1) is 0 Å². The van der Waals surface area contributed by atoms with Crippen LogP contribution in [0.3, 0.4) is 0 Å². The SMILES string of the molecule is CNC(=O)c1ccc2c(c1)CN(C)C(CNC(=O)CC(c1ccccc1)C(C)(C)C)C2. The van der Waals surface area contributed by atoms with Crippen molar-refractivity contribution in [1.29, 1.82) is 0 Å². The van der Waals surface area contributed by atoms with Crippen molar-refractivity contribution in [3.8, 4) is 0 Å². The number of hydrogen-bond acceptors (Lipinski definition) is 3. The molecule has 5 nitrogen and oxygen atoms in total. The van der Waals surface area contributed by atoms with E-state index in [1.165, 1.54) is 16.7 Å². The summed E-state index contributed by atoms with van der Waals surface area (Å²) in [5.41, 5.74) is 4.34. The van der Waals surface area contributed by atoms with Gasteiger partial charge >= 0.3 is 0 Å². The first-order valence-electron chi connectivity index (χ1n) is 11.0. The summed E-state index contributed by atoms with van der Waals surface area (Å²) in [5, 5.41) is 5.86. The molecule has 0 saturated carbocycles. The topological polar surface area (TPSA) is 61.4 Å². The fourth-order valence-electron chi connectivity index (χ4n) is 4.39. The average Bonchev–Trinajstić information content (AvgIpc) is 2.74. The van der Waals surface area contributed by atoms with Gasteiger partial charge in [0.2, 0.25) is 5.91 Å². The molecule has 2 atom stereocenters. The second-order valence-corrected chi connectivity index (χ2v) is 9.67. The minimum Gasteiger partial charge on any atom is -0.355 e. The van der Waals surface area contributed by atoms with Gasteiger partial charge in [-0.3, -0.25) is 14.5 Å². The van der Waals surface area contributed by atoms with Crippen LogP contribution in [-0.4, -0.2) is 43.4 Å². The van der Waals surface area contributed by atoms with Gasteiger partial charge in [-0.15, -0.1) is 0 Å². The van der Waals surface area contributed by atoms with Crippen LogP contribution >= 0.6 is 0 Å². The number of amides is 2. The Bertz CT molecular complexity index is 918. The first-order chi connectivity index (χ1) is 14.7. The van der Waals surface area contributed by atoms with Gasteiger partial charge in [-0.25, -0.2) is 0 Å². The van der Waals surface area contributed by atoms with E-state index < -0.39 is 0 Å². The highest BCUT2D eigenvalue weighted by atomic mass is 16.2. The zero-order chi connectivity index (χ0) is 22.6. The van der Waals surface area contributed by atoms with Crippen LogP contribution in [-0.2, 0) is 17.8 Å². The van der Waals surface area contributed by atoms with Crippen LogP contribution in [0.15, 0.2) is 48.5 Å². The Morgan fingerprint density at radius 1 is 1.10 bits per heavy atom. The van der Waals surface area contributed by atoms with Gasteiger partial charge in [-0.05, 0) is 53.6 Å². The maximum atomic E-state index is 12.8. The third-order valence-electron chi connectivity index (χ3n) is 6.37. The minimum absolute atomic E-state index is 0.00174. The molecule has 2 aromatic rings. The Morgan fingerprint density at radius 2 is 1.81 bits per heavy atom. The maximum absolute atomic E-state index is 12.8. The molecule has 2 N–H and O–H groups in total. The van der Waals surface area contributed by atoms with Crippen molar-refractivity contribution in [3.05, 3.63) is 70.8 Å². The van der Waals surface area contributed by atoms with Crippen LogP contribution in [0.5, 0.6) is 0 Å². The second kappa shape index (κ2) is 9.65. The van der Waals surface area contributed by atoms with E-state index in [9.17, 15) is 9.59 Å². The van der Waals surface area contributed by atoms with Gasteiger partial charge in [-0.2, -0.15) is 0 Å². The highest BCUT2D eigenvalue weighted by molar-refractivity contribution is 5.94. The van der Waals surface area contributed by atoms with Crippen LogP contribution in [0.25, 0.3) is 0 Å². The maximum Gasteiger partial charge on any atom is 0.251 e. The van der Waals surface area contributed by atoms with E-state index in [1.807, 2.05) is 36.4 Å². The molecule has 0 saturated heterocycles. The number of rotatable bonds is 6. The molecule has 2 amide bonds. The van der Waals surface area contributed by atoms with Crippen LogP contribution in [0.4, 0.5) is 0 Å². The quantitative estimate of drug-likeness (QED) is 0.747. The molecule has 0 fully saturated rings. The highest BCUT2D eigenvalue weighted by Gasteiger charge is 2.29. The predicted molar refractivity (Wildman–Crippen MR) is 125 cm³/mol. The van der Waals surface area contributed by atoms with Crippen molar-refractivity contribution >= 4 is 11.8 Å². The zero-order valence-corrected chi connectivity index (χ0v) is 19.4. The number of nitrogens with zero attached hydrogens (tertiary/aromatic N) is 1. The molecule has 0 bridgehead atoms. The van der Waals surface area contributed by atoms with Crippen molar-refractivity contribution in [2.24, 2.45) is 5.41 Å². The van der Waals surface area contributed by atoms with Crippen molar-refractivity contribution in [1.82, 2.24) is 15.5 Å². The number of nitrogens with one attached hydrogen (secondary N) is 2. The lowest BCUT2D eigenvalue weighted by Gasteiger charge is -2.35. The summed E-state index contributed by atoms with van der Waals surface area (Å²) >= 11 is 0. The van der Waals surface area contributed by atoms with E-state index in [-0.39, 0.29) is 29.2 Å². The molecule has 31 heavy (non-hydrogen) atoms. The summed E-state index contributed by atoms with van der Waals surface area (Å²) in [4.78, 5) is 27.0. The van der Waals surface area contributed by atoms with Crippen molar-refractivity contribution in [2.75, 3.05) is 20.6 Å². The lowest BCUT2D eigenvalue weighted by Crippen LogP contribution is -2.46. The molecule has 0 spiro atoms. The standard InChI is InChI=1S/C26H35N3O2/c1-26(2,3)23(18-9-7-6-8-10-18)15-24(30)28-16-22-14-19-11-12-20(25(31)27-4)13-21(19)17-29(22)5/h6-13,22-23H,14-17H2,1-5H3,(H,27,31)(H,28,30). The van der Waals surface area contributed by atoms with E-state index in [1.54, 1.807) is 7.05 Å². The molecule has 1 heterocycles. The van der Waals surface area contributed by atoms with Gasteiger partial charge in [0.15, 0.2) is 0 Å². The minimum atomic E-state index is -0.0633. The smallest absolute Gasteiger partial charge is 0.251 e. The molecule has 2 aromatic carbocycles. The van der Waals surface area contributed by atoms with Crippen LogP contribution in [0, 0.1) is 5.41 Å². The van der Waals surface area contributed by atoms with Crippen molar-refractivity contribution < 1.29 is 9.59 Å². The molecule has 5 heteroatoms. The van der Waals surface area contributed by atoms with Crippen LogP contribution in [0.2, 0.25) is 0 Å². The lowest BCUT2D eigenvalue weighted by molar-refractivity contribution is -0.122. The number of likely N-dealkylation sites (N-methyl/N-ethyl adjacent to an activating group) is 1. The molecule has 0 aliphatic carbocycles. The zero-order valence-electron chi connectivity index (χ0n) is 19.4. The molecule has 166 valence electrons. The number of benzene rings is 2. The Labute approximate surface area is 186 Å². The van der Waals surface area contributed by atoms with Crippen molar-refractivity contribution in [3.63, 3.8) is 0 Å². The predicted octanol–water partition coefficient (Wildman–Crippen LogP) is 3.74. The lowest BCUT2D eigenvalue weighted by atomic mass is 9.74. The third-order valence-corrected chi connectivity index (χ3v) is 6.37. The highest BCUT2D eigenvalue weighted by Crippen LogP contribution is 2.37.